The van der Waals surface area contributed by atoms with E-state index in [1.807, 2.05) is 18.2 Å². The maximum atomic E-state index is 5.58. The highest BCUT2D eigenvalue weighted by Crippen LogP contribution is 2.36. The molecule has 0 saturated carbocycles. The molecule has 4 nitrogen and oxygen atoms in total. The molecule has 0 radical (unpaired) electrons. The predicted octanol–water partition coefficient (Wildman–Crippen LogP) is 4.90. The third kappa shape index (κ3) is 4.15. The molecule has 2 atom stereocenters. The second kappa shape index (κ2) is 8.78. The Morgan fingerprint density at radius 1 is 0.962 bits per heavy atom. The van der Waals surface area contributed by atoms with Crippen molar-refractivity contribution in [2.45, 2.75) is 37.8 Å². The zero-order valence-electron chi connectivity index (χ0n) is 15.5. The summed E-state index contributed by atoms with van der Waals surface area (Å²) in [5, 5.41) is 3.81. The molecule has 0 aliphatic carbocycles. The molecule has 0 bridgehead atoms. The summed E-state index contributed by atoms with van der Waals surface area (Å²) in [5.41, 5.74) is 2.39. The Kier molecular flexibility index (Phi) is 6.43. The molecule has 3 rings (SSSR count). The van der Waals surface area contributed by atoms with Crippen LogP contribution in [0.3, 0.4) is 0 Å². The third-order valence-electron chi connectivity index (χ3n) is 5.02. The number of methoxy groups -OCH3 is 3. The maximum Gasteiger partial charge on any atom is 0.133 e. The van der Waals surface area contributed by atoms with Crippen molar-refractivity contribution in [3.63, 3.8) is 0 Å². The van der Waals surface area contributed by atoms with Gasteiger partial charge in [0, 0.05) is 17.6 Å². The molecule has 2 aromatic rings. The molecule has 26 heavy (non-hydrogen) atoms. The summed E-state index contributed by atoms with van der Waals surface area (Å²) in [6, 6.07) is 13.0. The van der Waals surface area contributed by atoms with Crippen LogP contribution in [0.25, 0.3) is 0 Å². The van der Waals surface area contributed by atoms with Gasteiger partial charge in [-0.1, -0.05) is 18.2 Å². The molecular formula is C21H26BrNO3. The zero-order chi connectivity index (χ0) is 18.5. The fourth-order valence-electron chi connectivity index (χ4n) is 3.73. The van der Waals surface area contributed by atoms with Crippen LogP contribution in [0.4, 0.5) is 0 Å². The van der Waals surface area contributed by atoms with Crippen molar-refractivity contribution in [1.29, 1.82) is 0 Å². The van der Waals surface area contributed by atoms with Gasteiger partial charge < -0.3 is 19.5 Å². The molecule has 0 spiro atoms. The highest BCUT2D eigenvalue weighted by atomic mass is 79.9. The molecule has 0 aromatic heterocycles. The number of hydrogen-bond donors (Lipinski definition) is 1. The first kappa shape index (κ1) is 19.1. The number of halogens is 1. The Balaban J connectivity index is 1.79. The van der Waals surface area contributed by atoms with Crippen LogP contribution in [0, 0.1) is 0 Å². The van der Waals surface area contributed by atoms with Gasteiger partial charge in [0.05, 0.1) is 25.8 Å². The molecular weight excluding hydrogens is 394 g/mol. The molecule has 0 amide bonds. The van der Waals surface area contributed by atoms with E-state index in [1.165, 1.54) is 12.0 Å². The van der Waals surface area contributed by atoms with Crippen LogP contribution in [0.2, 0.25) is 0 Å². The lowest BCUT2D eigenvalue weighted by Gasteiger charge is -2.32. The van der Waals surface area contributed by atoms with Crippen molar-refractivity contribution >= 4 is 15.9 Å². The van der Waals surface area contributed by atoms with Crippen LogP contribution in [0.1, 0.15) is 36.4 Å². The highest BCUT2D eigenvalue weighted by Gasteiger charge is 2.25. The van der Waals surface area contributed by atoms with E-state index in [4.69, 9.17) is 14.2 Å². The lowest BCUT2D eigenvalue weighted by Crippen LogP contribution is -2.38. The molecule has 1 heterocycles. The largest absolute Gasteiger partial charge is 0.496 e. The van der Waals surface area contributed by atoms with Crippen molar-refractivity contribution in [2.24, 2.45) is 0 Å². The van der Waals surface area contributed by atoms with E-state index in [0.29, 0.717) is 12.1 Å². The number of ether oxygens (including phenoxy) is 3. The van der Waals surface area contributed by atoms with Gasteiger partial charge in [-0.05, 0) is 65.4 Å². The lowest BCUT2D eigenvalue weighted by molar-refractivity contribution is 0.310. The molecule has 1 aliphatic heterocycles. The minimum atomic E-state index is 0.313. The van der Waals surface area contributed by atoms with Gasteiger partial charge in [-0.3, -0.25) is 0 Å². The molecule has 140 valence electrons. The third-order valence-corrected chi connectivity index (χ3v) is 5.64. The normalized spacial score (nSPS) is 19.8. The molecule has 1 N–H and O–H groups in total. The van der Waals surface area contributed by atoms with Crippen LogP contribution in [0.5, 0.6) is 17.2 Å². The van der Waals surface area contributed by atoms with E-state index in [0.717, 1.165) is 46.5 Å². The molecule has 5 heteroatoms. The van der Waals surface area contributed by atoms with Crippen molar-refractivity contribution in [3.8, 4) is 17.2 Å². The van der Waals surface area contributed by atoms with E-state index in [2.05, 4.69) is 39.4 Å². The maximum absolute atomic E-state index is 5.58. The Morgan fingerprint density at radius 2 is 1.69 bits per heavy atom. The number of rotatable bonds is 6. The average molecular weight is 420 g/mol. The Labute approximate surface area is 164 Å². The van der Waals surface area contributed by atoms with Crippen LogP contribution in [-0.2, 0) is 6.42 Å². The fourth-order valence-corrected chi connectivity index (χ4v) is 4.21. The summed E-state index contributed by atoms with van der Waals surface area (Å²) in [4.78, 5) is 0. The number of para-hydroxylation sites is 1. The van der Waals surface area contributed by atoms with Crippen LogP contribution >= 0.6 is 15.9 Å². The van der Waals surface area contributed by atoms with E-state index in [-0.39, 0.29) is 0 Å². The van der Waals surface area contributed by atoms with Gasteiger partial charge in [0.15, 0.2) is 0 Å². The van der Waals surface area contributed by atoms with Gasteiger partial charge in [0.25, 0.3) is 0 Å². The number of piperidine rings is 1. The molecule has 2 aromatic carbocycles. The van der Waals surface area contributed by atoms with Crippen LogP contribution < -0.4 is 19.5 Å². The summed E-state index contributed by atoms with van der Waals surface area (Å²) in [5.74, 6) is 2.67. The number of nitrogens with one attached hydrogen (secondary N) is 1. The minimum absolute atomic E-state index is 0.313. The Bertz CT molecular complexity index is 750. The summed E-state index contributed by atoms with van der Waals surface area (Å²) >= 11 is 3.53. The van der Waals surface area contributed by atoms with Gasteiger partial charge in [0.1, 0.15) is 17.2 Å². The second-order valence-electron chi connectivity index (χ2n) is 6.59. The van der Waals surface area contributed by atoms with Gasteiger partial charge >= 0.3 is 0 Å². The van der Waals surface area contributed by atoms with Crippen LogP contribution in [-0.4, -0.2) is 27.4 Å². The van der Waals surface area contributed by atoms with Gasteiger partial charge in [-0.25, -0.2) is 0 Å². The first-order valence-corrected chi connectivity index (χ1v) is 9.75. The van der Waals surface area contributed by atoms with E-state index in [1.54, 1.807) is 21.3 Å². The van der Waals surface area contributed by atoms with Crippen molar-refractivity contribution in [3.05, 3.63) is 52.0 Å². The monoisotopic (exact) mass is 419 g/mol. The molecule has 1 saturated heterocycles. The standard InChI is InChI=1S/C21H26BrNO3/c1-24-19-10-5-4-8-16(19)18-9-6-7-15(23-18)11-14-12-21(26-3)17(22)13-20(14)25-2/h4-5,8,10,12-13,15,18,23H,6-7,9,11H2,1-3H3/t15-,18-/m1/s1. The number of hydrogen-bond acceptors (Lipinski definition) is 4. The smallest absolute Gasteiger partial charge is 0.133 e. The summed E-state index contributed by atoms with van der Waals surface area (Å²) < 4.78 is 17.5. The van der Waals surface area contributed by atoms with Crippen molar-refractivity contribution in [2.75, 3.05) is 21.3 Å². The number of benzene rings is 2. The zero-order valence-corrected chi connectivity index (χ0v) is 17.1. The Hall–Kier alpha value is -1.72. The van der Waals surface area contributed by atoms with E-state index in [9.17, 15) is 0 Å². The summed E-state index contributed by atoms with van der Waals surface area (Å²) in [7, 11) is 5.13. The van der Waals surface area contributed by atoms with Crippen molar-refractivity contribution in [1.82, 2.24) is 5.32 Å². The van der Waals surface area contributed by atoms with E-state index < -0.39 is 0 Å². The quantitative estimate of drug-likeness (QED) is 0.722. The second-order valence-corrected chi connectivity index (χ2v) is 7.45. The predicted molar refractivity (Wildman–Crippen MR) is 107 cm³/mol. The Morgan fingerprint density at radius 3 is 2.42 bits per heavy atom. The van der Waals surface area contributed by atoms with E-state index >= 15 is 0 Å². The minimum Gasteiger partial charge on any atom is -0.496 e. The SMILES string of the molecule is COc1cc(C[C@H]2CCC[C@H](c3ccccc3OC)N2)c(OC)cc1Br. The van der Waals surface area contributed by atoms with Gasteiger partial charge in [-0.15, -0.1) is 0 Å². The first-order chi connectivity index (χ1) is 12.7. The lowest BCUT2D eigenvalue weighted by atomic mass is 9.90. The molecule has 1 aliphatic rings. The topological polar surface area (TPSA) is 39.7 Å². The summed E-state index contributed by atoms with van der Waals surface area (Å²) in [6.07, 6.45) is 4.36. The molecule has 0 unspecified atom stereocenters. The van der Waals surface area contributed by atoms with Gasteiger partial charge in [-0.2, -0.15) is 0 Å². The van der Waals surface area contributed by atoms with Gasteiger partial charge in [0.2, 0.25) is 0 Å². The highest BCUT2D eigenvalue weighted by molar-refractivity contribution is 9.10. The molecule has 1 fully saturated rings. The van der Waals surface area contributed by atoms with Crippen molar-refractivity contribution < 1.29 is 14.2 Å². The summed E-state index contributed by atoms with van der Waals surface area (Å²) in [6.45, 7) is 0. The first-order valence-electron chi connectivity index (χ1n) is 8.95. The fraction of sp³-hybridized carbons (Fsp3) is 0.429. The average Bonchev–Trinajstić information content (AvgIpc) is 2.69. The van der Waals surface area contributed by atoms with Crippen LogP contribution in [0.15, 0.2) is 40.9 Å².